The molecule has 0 aliphatic carbocycles. The normalized spacial score (nSPS) is 15.5. The summed E-state index contributed by atoms with van der Waals surface area (Å²) < 4.78 is 21.7. The first-order chi connectivity index (χ1) is 13.0. The Morgan fingerprint density at radius 1 is 1.15 bits per heavy atom. The maximum Gasteiger partial charge on any atom is 0.254 e. The molecule has 4 heterocycles. The van der Waals surface area contributed by atoms with E-state index < -0.39 is 5.82 Å². The lowest BCUT2D eigenvalue weighted by molar-refractivity contribution is 0.206. The Balaban J connectivity index is 1.40. The Kier molecular flexibility index (Phi) is 4.63. The van der Waals surface area contributed by atoms with E-state index in [2.05, 4.69) is 31.0 Å². The van der Waals surface area contributed by atoms with Gasteiger partial charge in [0.05, 0.1) is 18.5 Å². The first-order valence-corrected chi connectivity index (χ1v) is 9.21. The molecule has 1 aliphatic rings. The van der Waals surface area contributed by atoms with Gasteiger partial charge in [-0.25, -0.2) is 9.97 Å². The highest BCUT2D eigenvalue weighted by Crippen LogP contribution is 2.25. The molecule has 0 bridgehead atoms. The summed E-state index contributed by atoms with van der Waals surface area (Å²) in [5.74, 6) is 1.55. The van der Waals surface area contributed by atoms with Crippen LogP contribution in [-0.4, -0.2) is 44.3 Å². The Morgan fingerprint density at radius 3 is 2.70 bits per heavy atom. The molecule has 3 aromatic heterocycles. The van der Waals surface area contributed by atoms with Gasteiger partial charge in [0, 0.05) is 30.9 Å². The van der Waals surface area contributed by atoms with Crippen molar-refractivity contribution >= 4 is 11.5 Å². The number of aryl methyl sites for hydroxylation is 3. The quantitative estimate of drug-likeness (QED) is 0.703. The molecule has 0 amide bonds. The zero-order valence-electron chi connectivity index (χ0n) is 15.8. The molecule has 0 radical (unpaired) electrons. The lowest BCUT2D eigenvalue weighted by Crippen LogP contribution is -2.36. The molecule has 3 aromatic rings. The van der Waals surface area contributed by atoms with E-state index in [1.54, 1.807) is 20.0 Å². The van der Waals surface area contributed by atoms with Crippen LogP contribution >= 0.6 is 0 Å². The fourth-order valence-corrected chi connectivity index (χ4v) is 3.53. The molecule has 1 aliphatic heterocycles. The Labute approximate surface area is 157 Å². The maximum atomic E-state index is 14.1. The summed E-state index contributed by atoms with van der Waals surface area (Å²) in [7, 11) is 0. The first kappa shape index (κ1) is 17.6. The summed E-state index contributed by atoms with van der Waals surface area (Å²) in [6.07, 6.45) is 3.70. The summed E-state index contributed by atoms with van der Waals surface area (Å²) in [4.78, 5) is 14.9. The molecular formula is C19H23FN6O. The lowest BCUT2D eigenvalue weighted by Gasteiger charge is -2.33. The maximum absolute atomic E-state index is 14.1. The van der Waals surface area contributed by atoms with Crippen molar-refractivity contribution in [2.45, 2.75) is 33.6 Å². The summed E-state index contributed by atoms with van der Waals surface area (Å²) in [6, 6.07) is 3.98. The smallest absolute Gasteiger partial charge is 0.254 e. The monoisotopic (exact) mass is 370 g/mol. The fourth-order valence-electron chi connectivity index (χ4n) is 3.53. The molecule has 0 unspecified atom stereocenters. The van der Waals surface area contributed by atoms with E-state index in [1.165, 1.54) is 0 Å². The molecule has 0 atom stereocenters. The van der Waals surface area contributed by atoms with Gasteiger partial charge < -0.3 is 9.64 Å². The summed E-state index contributed by atoms with van der Waals surface area (Å²) >= 11 is 0. The second kappa shape index (κ2) is 7.09. The van der Waals surface area contributed by atoms with Gasteiger partial charge in [-0.05, 0) is 39.5 Å². The number of halogens is 1. The number of rotatable bonds is 4. The lowest BCUT2D eigenvalue weighted by atomic mass is 9.98. The SMILES string of the molecule is Cc1cc(N2CCC(COc3nc(C)nc(C)c3F)CC2)n2nccc2n1. The van der Waals surface area contributed by atoms with Gasteiger partial charge in [0.25, 0.3) is 5.88 Å². The Bertz CT molecular complexity index is 964. The van der Waals surface area contributed by atoms with Crippen molar-refractivity contribution in [3.63, 3.8) is 0 Å². The van der Waals surface area contributed by atoms with Crippen molar-refractivity contribution in [1.29, 1.82) is 0 Å². The molecule has 7 nitrogen and oxygen atoms in total. The molecule has 8 heteroatoms. The van der Waals surface area contributed by atoms with Crippen LogP contribution in [0.25, 0.3) is 5.65 Å². The molecule has 27 heavy (non-hydrogen) atoms. The van der Waals surface area contributed by atoms with E-state index in [9.17, 15) is 4.39 Å². The predicted molar refractivity (Wildman–Crippen MR) is 99.6 cm³/mol. The Hall–Kier alpha value is -2.77. The number of piperidine rings is 1. The number of anilines is 1. The van der Waals surface area contributed by atoms with Crippen LogP contribution < -0.4 is 9.64 Å². The molecule has 0 N–H and O–H groups in total. The molecule has 1 saturated heterocycles. The molecule has 1 fully saturated rings. The van der Waals surface area contributed by atoms with Crippen molar-refractivity contribution in [2.24, 2.45) is 5.92 Å². The van der Waals surface area contributed by atoms with Crippen LogP contribution in [0.1, 0.15) is 30.1 Å². The van der Waals surface area contributed by atoms with Crippen molar-refractivity contribution in [3.8, 4) is 5.88 Å². The van der Waals surface area contributed by atoms with Crippen LogP contribution in [0.5, 0.6) is 5.88 Å². The third-order valence-electron chi connectivity index (χ3n) is 4.96. The summed E-state index contributed by atoms with van der Waals surface area (Å²) in [5.41, 5.74) is 2.16. The van der Waals surface area contributed by atoms with Gasteiger partial charge in [-0.2, -0.15) is 19.0 Å². The van der Waals surface area contributed by atoms with E-state index in [4.69, 9.17) is 4.74 Å². The molecule has 0 aromatic carbocycles. The number of ether oxygens (including phenoxy) is 1. The second-order valence-corrected chi connectivity index (χ2v) is 7.07. The Morgan fingerprint density at radius 2 is 1.93 bits per heavy atom. The highest BCUT2D eigenvalue weighted by Gasteiger charge is 2.23. The number of hydrogen-bond acceptors (Lipinski definition) is 6. The van der Waals surface area contributed by atoms with Gasteiger partial charge in [-0.1, -0.05) is 0 Å². The van der Waals surface area contributed by atoms with E-state index in [1.807, 2.05) is 17.5 Å². The van der Waals surface area contributed by atoms with E-state index >= 15 is 0 Å². The standard InChI is InChI=1S/C19H23FN6O/c1-12-10-17(26-16(22-12)4-7-21-26)25-8-5-15(6-9-25)11-27-19-18(20)13(2)23-14(3)24-19/h4,7,10,15H,5-6,8-9,11H2,1-3H3. The molecule has 4 rings (SSSR count). The summed E-state index contributed by atoms with van der Waals surface area (Å²) in [5, 5.41) is 4.39. The van der Waals surface area contributed by atoms with Crippen LogP contribution in [-0.2, 0) is 0 Å². The van der Waals surface area contributed by atoms with Crippen LogP contribution in [0.4, 0.5) is 10.2 Å². The number of fused-ring (bicyclic) bond motifs is 1. The molecule has 0 spiro atoms. The largest absolute Gasteiger partial charge is 0.475 e. The van der Waals surface area contributed by atoms with Crippen LogP contribution in [0.3, 0.4) is 0 Å². The van der Waals surface area contributed by atoms with Gasteiger partial charge in [0.15, 0.2) is 5.65 Å². The highest BCUT2D eigenvalue weighted by atomic mass is 19.1. The fraction of sp³-hybridized carbons (Fsp3) is 0.474. The van der Waals surface area contributed by atoms with Gasteiger partial charge in [-0.15, -0.1) is 0 Å². The minimum absolute atomic E-state index is 0.0606. The number of nitrogens with zero attached hydrogens (tertiary/aromatic N) is 6. The van der Waals surface area contributed by atoms with Crippen molar-refractivity contribution in [1.82, 2.24) is 24.6 Å². The topological polar surface area (TPSA) is 68.4 Å². The average Bonchev–Trinajstić information content (AvgIpc) is 3.11. The van der Waals surface area contributed by atoms with Gasteiger partial charge in [0.1, 0.15) is 11.6 Å². The van der Waals surface area contributed by atoms with Crippen LogP contribution in [0, 0.1) is 32.5 Å². The third kappa shape index (κ3) is 3.56. The van der Waals surface area contributed by atoms with Crippen molar-refractivity contribution in [2.75, 3.05) is 24.6 Å². The third-order valence-corrected chi connectivity index (χ3v) is 4.96. The van der Waals surface area contributed by atoms with E-state index in [0.717, 1.165) is 43.1 Å². The first-order valence-electron chi connectivity index (χ1n) is 9.21. The van der Waals surface area contributed by atoms with Crippen LogP contribution in [0.2, 0.25) is 0 Å². The van der Waals surface area contributed by atoms with E-state index in [-0.39, 0.29) is 5.88 Å². The molecule has 142 valence electrons. The number of hydrogen-bond donors (Lipinski definition) is 0. The van der Waals surface area contributed by atoms with Gasteiger partial charge >= 0.3 is 0 Å². The molecule has 0 saturated carbocycles. The summed E-state index contributed by atoms with van der Waals surface area (Å²) in [6.45, 7) is 7.63. The van der Waals surface area contributed by atoms with E-state index in [0.29, 0.717) is 24.0 Å². The highest BCUT2D eigenvalue weighted by molar-refractivity contribution is 5.50. The van der Waals surface area contributed by atoms with Crippen molar-refractivity contribution in [3.05, 3.63) is 41.4 Å². The number of aromatic nitrogens is 5. The second-order valence-electron chi connectivity index (χ2n) is 7.07. The average molecular weight is 370 g/mol. The zero-order valence-corrected chi connectivity index (χ0v) is 15.8. The zero-order chi connectivity index (χ0) is 19.0. The van der Waals surface area contributed by atoms with Crippen molar-refractivity contribution < 1.29 is 9.13 Å². The molecular weight excluding hydrogens is 347 g/mol. The van der Waals surface area contributed by atoms with Crippen LogP contribution in [0.15, 0.2) is 18.3 Å². The minimum atomic E-state index is -0.466. The van der Waals surface area contributed by atoms with Gasteiger partial charge in [-0.3, -0.25) is 0 Å². The minimum Gasteiger partial charge on any atom is -0.475 e. The van der Waals surface area contributed by atoms with Gasteiger partial charge in [0.2, 0.25) is 5.82 Å². The predicted octanol–water partition coefficient (Wildman–Crippen LogP) is 2.88.